The van der Waals surface area contributed by atoms with Crippen LogP contribution in [0.2, 0.25) is 0 Å². The molecule has 1 fully saturated rings. The minimum absolute atomic E-state index is 0.0371. The second kappa shape index (κ2) is 8.73. The number of nitrogen functional groups attached to an aromatic ring is 1. The lowest BCUT2D eigenvalue weighted by Crippen LogP contribution is -2.24. The first-order chi connectivity index (χ1) is 18.9. The van der Waals surface area contributed by atoms with Gasteiger partial charge in [-0.1, -0.05) is 36.4 Å². The first-order valence-electron chi connectivity index (χ1n) is 12.6. The summed E-state index contributed by atoms with van der Waals surface area (Å²) >= 11 is 0. The number of benzene rings is 3. The molecule has 0 spiro atoms. The zero-order valence-electron chi connectivity index (χ0n) is 20.6. The molecule has 5 aromatic rings. The molecule has 7 rings (SSSR count). The molecule has 3 aromatic carbocycles. The van der Waals surface area contributed by atoms with Gasteiger partial charge in [-0.3, -0.25) is 19.1 Å². The lowest BCUT2D eigenvalue weighted by atomic mass is 9.82. The average Bonchev–Trinajstić information content (AvgIpc) is 3.52. The van der Waals surface area contributed by atoms with Crippen molar-refractivity contribution in [3.05, 3.63) is 87.5 Å². The molecule has 2 aliphatic rings. The number of aliphatic hydroxyl groups excluding tert-OH is 2. The average molecular weight is 525 g/mol. The number of ketones is 1. The van der Waals surface area contributed by atoms with E-state index in [1.807, 2.05) is 36.4 Å². The number of anilines is 3. The third-order valence-electron chi connectivity index (χ3n) is 7.53. The van der Waals surface area contributed by atoms with Gasteiger partial charge in [0.15, 0.2) is 16.9 Å². The molecule has 1 aliphatic heterocycles. The monoisotopic (exact) mass is 524 g/mol. The van der Waals surface area contributed by atoms with Crippen LogP contribution in [-0.2, 0) is 11.2 Å². The minimum Gasteiger partial charge on any atom is -0.397 e. The van der Waals surface area contributed by atoms with Crippen molar-refractivity contribution in [1.29, 1.82) is 0 Å². The van der Waals surface area contributed by atoms with Crippen molar-refractivity contribution in [3.63, 3.8) is 0 Å². The number of H-pyrrole nitrogens is 1. The number of nitrogens with two attached hydrogens (primary N) is 1. The van der Waals surface area contributed by atoms with E-state index in [4.69, 9.17) is 10.5 Å². The number of ether oxygens (including phenoxy) is 1. The standard InChI is InChI=1S/C28H24N6O5/c29-18-8-14-5-6-15-7-13-3-1-2-4-16(13)25(37)23(15)17(14)9-19(18)31-28-32-26-24(27(38)33-28)30-12-34(26)22-10-20(36)21(11-35)39-22/h1-6,8-9,12,20-22,35-36H,7,10-11,29H2,(H2,31,32,33,38)/t20-,21+,22+/m0/s1. The highest BCUT2D eigenvalue weighted by Crippen LogP contribution is 2.36. The largest absolute Gasteiger partial charge is 0.397 e. The lowest BCUT2D eigenvalue weighted by molar-refractivity contribution is -0.0432. The topological polar surface area (TPSA) is 168 Å². The van der Waals surface area contributed by atoms with E-state index < -0.39 is 24.0 Å². The van der Waals surface area contributed by atoms with Crippen LogP contribution < -0.4 is 16.6 Å². The van der Waals surface area contributed by atoms with Crippen LogP contribution in [0.1, 0.15) is 39.7 Å². The number of carbonyl (C=O) groups is 1. The van der Waals surface area contributed by atoms with Crippen LogP contribution in [0.15, 0.2) is 59.7 Å². The quantitative estimate of drug-likeness (QED) is 0.217. The van der Waals surface area contributed by atoms with Gasteiger partial charge in [0.25, 0.3) is 5.56 Å². The van der Waals surface area contributed by atoms with Crippen LogP contribution in [0.5, 0.6) is 0 Å². The van der Waals surface area contributed by atoms with Gasteiger partial charge in [0, 0.05) is 17.5 Å². The molecule has 1 saturated heterocycles. The predicted molar refractivity (Wildman–Crippen MR) is 144 cm³/mol. The molecule has 0 bridgehead atoms. The predicted octanol–water partition coefficient (Wildman–Crippen LogP) is 2.37. The summed E-state index contributed by atoms with van der Waals surface area (Å²) in [5, 5.41) is 24.3. The maximum atomic E-state index is 13.5. The molecule has 6 N–H and O–H groups in total. The summed E-state index contributed by atoms with van der Waals surface area (Å²) in [6.07, 6.45) is 0.0720. The van der Waals surface area contributed by atoms with Crippen LogP contribution in [0.4, 0.5) is 17.3 Å². The second-order valence-electron chi connectivity index (χ2n) is 9.90. The molecule has 11 heteroatoms. The molecular weight excluding hydrogens is 500 g/mol. The number of nitrogens with zero attached hydrogens (tertiary/aromatic N) is 3. The number of aliphatic hydroxyl groups is 2. The Morgan fingerprint density at radius 1 is 1.15 bits per heavy atom. The van der Waals surface area contributed by atoms with Crippen molar-refractivity contribution in [2.45, 2.75) is 31.3 Å². The normalized spacial score (nSPS) is 20.4. The summed E-state index contributed by atoms with van der Waals surface area (Å²) in [5.41, 5.74) is 10.4. The number of hydrogen-bond acceptors (Lipinski definition) is 9. The van der Waals surface area contributed by atoms with Gasteiger partial charge in [-0.25, -0.2) is 4.98 Å². The van der Waals surface area contributed by atoms with Crippen molar-refractivity contribution in [2.24, 2.45) is 0 Å². The van der Waals surface area contributed by atoms with Crippen molar-refractivity contribution in [1.82, 2.24) is 19.5 Å². The molecule has 1 aliphatic carbocycles. The highest BCUT2D eigenvalue weighted by atomic mass is 16.5. The highest BCUT2D eigenvalue weighted by Gasteiger charge is 2.35. The maximum absolute atomic E-state index is 13.5. The van der Waals surface area contributed by atoms with Crippen molar-refractivity contribution in [2.75, 3.05) is 17.7 Å². The van der Waals surface area contributed by atoms with E-state index in [-0.39, 0.29) is 35.9 Å². The van der Waals surface area contributed by atoms with Gasteiger partial charge in [0.1, 0.15) is 12.3 Å². The summed E-state index contributed by atoms with van der Waals surface area (Å²) in [6.45, 7) is -0.329. The summed E-state index contributed by atoms with van der Waals surface area (Å²) < 4.78 is 7.29. The van der Waals surface area contributed by atoms with Crippen LogP contribution in [-0.4, -0.2) is 54.3 Å². The lowest BCUT2D eigenvalue weighted by Gasteiger charge is -2.21. The number of imidazole rings is 1. The summed E-state index contributed by atoms with van der Waals surface area (Å²) in [4.78, 5) is 37.7. The van der Waals surface area contributed by atoms with Crippen molar-refractivity contribution >= 4 is 45.0 Å². The van der Waals surface area contributed by atoms with Crippen LogP contribution in [0.3, 0.4) is 0 Å². The van der Waals surface area contributed by atoms with E-state index in [0.717, 1.165) is 21.9 Å². The molecule has 3 atom stereocenters. The van der Waals surface area contributed by atoms with Crippen LogP contribution in [0.25, 0.3) is 21.9 Å². The summed E-state index contributed by atoms with van der Waals surface area (Å²) in [7, 11) is 0. The molecular formula is C28H24N6O5. The molecule has 0 saturated carbocycles. The zero-order valence-corrected chi connectivity index (χ0v) is 20.6. The van der Waals surface area contributed by atoms with E-state index in [2.05, 4.69) is 20.3 Å². The maximum Gasteiger partial charge on any atom is 0.280 e. The third-order valence-corrected chi connectivity index (χ3v) is 7.53. The summed E-state index contributed by atoms with van der Waals surface area (Å²) in [5.74, 6) is 0.0870. The van der Waals surface area contributed by atoms with Gasteiger partial charge in [-0.2, -0.15) is 4.98 Å². The smallest absolute Gasteiger partial charge is 0.280 e. The van der Waals surface area contributed by atoms with E-state index in [0.29, 0.717) is 28.9 Å². The molecule has 11 nitrogen and oxygen atoms in total. The van der Waals surface area contributed by atoms with Gasteiger partial charge in [-0.15, -0.1) is 0 Å². The minimum atomic E-state index is -0.852. The second-order valence-corrected chi connectivity index (χ2v) is 9.90. The van der Waals surface area contributed by atoms with Gasteiger partial charge in [0.05, 0.1) is 30.4 Å². The number of aromatic amines is 1. The first-order valence-corrected chi connectivity index (χ1v) is 12.6. The van der Waals surface area contributed by atoms with E-state index in [9.17, 15) is 19.8 Å². The SMILES string of the molecule is Nc1cc2ccc3c(c2cc1Nc1nc2c(ncn2[C@H]2C[C@H](O)[C@@H](CO)O2)c(=O)[nH]1)C(=O)c1ccccc1C3. The molecule has 0 radical (unpaired) electrons. The number of hydrogen-bond donors (Lipinski definition) is 5. The van der Waals surface area contributed by atoms with Gasteiger partial charge in [0.2, 0.25) is 5.95 Å². The number of nitrogens with one attached hydrogen (secondary N) is 2. The Hall–Kier alpha value is -4.58. The van der Waals surface area contributed by atoms with E-state index in [1.54, 1.807) is 16.7 Å². The van der Waals surface area contributed by atoms with Crippen LogP contribution in [0, 0.1) is 0 Å². The molecule has 0 unspecified atom stereocenters. The van der Waals surface area contributed by atoms with Crippen molar-refractivity contribution in [3.8, 4) is 0 Å². The highest BCUT2D eigenvalue weighted by molar-refractivity contribution is 6.20. The van der Waals surface area contributed by atoms with E-state index in [1.165, 1.54) is 6.33 Å². The molecule has 2 aromatic heterocycles. The number of aromatic nitrogens is 4. The Morgan fingerprint density at radius 3 is 2.82 bits per heavy atom. The van der Waals surface area contributed by atoms with Gasteiger partial charge >= 0.3 is 0 Å². The Balaban J connectivity index is 1.29. The van der Waals surface area contributed by atoms with Gasteiger partial charge in [-0.05, 0) is 40.5 Å². The fourth-order valence-electron chi connectivity index (χ4n) is 5.57. The van der Waals surface area contributed by atoms with Gasteiger partial charge < -0.3 is 26.0 Å². The third kappa shape index (κ3) is 3.70. The first kappa shape index (κ1) is 23.5. The number of carbonyl (C=O) groups excluding carboxylic acids is 1. The Morgan fingerprint density at radius 2 is 2.00 bits per heavy atom. The zero-order chi connectivity index (χ0) is 26.8. The number of fused-ring (bicyclic) bond motifs is 5. The molecule has 0 amide bonds. The fourth-order valence-corrected chi connectivity index (χ4v) is 5.57. The molecule has 196 valence electrons. The number of rotatable bonds is 4. The molecule has 3 heterocycles. The fraction of sp³-hybridized carbons (Fsp3) is 0.214. The Bertz CT molecular complexity index is 1860. The Kier molecular flexibility index (Phi) is 5.27. The van der Waals surface area contributed by atoms with E-state index >= 15 is 0 Å². The van der Waals surface area contributed by atoms with Crippen LogP contribution >= 0.6 is 0 Å². The van der Waals surface area contributed by atoms with Crippen molar-refractivity contribution < 1.29 is 19.7 Å². The Labute approximate surface area is 220 Å². The molecule has 39 heavy (non-hydrogen) atoms. The summed E-state index contributed by atoms with van der Waals surface area (Å²) in [6, 6.07) is 15.1.